The average Bonchev–Trinajstić information content (AvgIpc) is 3.02. The fourth-order valence-electron chi connectivity index (χ4n) is 3.15. The summed E-state index contributed by atoms with van der Waals surface area (Å²) in [6, 6.07) is 5.37. The van der Waals surface area contributed by atoms with Crippen LogP contribution in [-0.2, 0) is 14.4 Å². The van der Waals surface area contributed by atoms with Gasteiger partial charge in [0.05, 0.1) is 27.8 Å². The predicted octanol–water partition coefficient (Wildman–Crippen LogP) is 2.70. The largest absolute Gasteiger partial charge is 0.481 e. The van der Waals surface area contributed by atoms with Crippen LogP contribution < -0.4 is 11.1 Å². The molecule has 0 aliphatic heterocycles. The third kappa shape index (κ3) is 4.34. The molecule has 26 heavy (non-hydrogen) atoms. The number of thiazole rings is 1. The molecule has 9 heteroatoms. The van der Waals surface area contributed by atoms with Crippen LogP contribution in [0.5, 0.6) is 0 Å². The molecule has 2 atom stereocenters. The minimum Gasteiger partial charge on any atom is -0.481 e. The number of carbonyl (C=O) groups is 3. The number of carboxylic acid groups (broad SMARTS) is 1. The molecule has 1 heterocycles. The Hall–Kier alpha value is -2.13. The topological polar surface area (TPSA) is 122 Å². The zero-order chi connectivity index (χ0) is 18.7. The molecule has 0 bridgehead atoms. The van der Waals surface area contributed by atoms with E-state index in [1.165, 1.54) is 23.1 Å². The van der Waals surface area contributed by atoms with Crippen molar-refractivity contribution in [1.82, 2.24) is 4.98 Å². The molecule has 1 fully saturated rings. The van der Waals surface area contributed by atoms with Crippen LogP contribution in [0.1, 0.15) is 25.7 Å². The van der Waals surface area contributed by atoms with Crippen molar-refractivity contribution in [2.75, 3.05) is 11.1 Å². The van der Waals surface area contributed by atoms with Gasteiger partial charge in [0.25, 0.3) is 0 Å². The first-order chi connectivity index (χ1) is 12.4. The van der Waals surface area contributed by atoms with Gasteiger partial charge in [-0.1, -0.05) is 24.6 Å². The molecule has 1 aliphatic rings. The summed E-state index contributed by atoms with van der Waals surface area (Å²) in [5, 5.41) is 12.2. The molecule has 3 rings (SSSR count). The molecule has 1 aliphatic carbocycles. The molecule has 0 saturated heterocycles. The van der Waals surface area contributed by atoms with Gasteiger partial charge < -0.3 is 16.2 Å². The summed E-state index contributed by atoms with van der Waals surface area (Å²) in [5.41, 5.74) is 6.54. The summed E-state index contributed by atoms with van der Waals surface area (Å²) in [6.07, 6.45) is 2.86. The second kappa shape index (κ2) is 8.05. The number of hydrogen-bond acceptors (Lipinski definition) is 6. The first-order valence-electron chi connectivity index (χ1n) is 8.29. The van der Waals surface area contributed by atoms with E-state index in [4.69, 9.17) is 5.73 Å². The minimum absolute atomic E-state index is 0.168. The van der Waals surface area contributed by atoms with E-state index in [1.54, 1.807) is 12.1 Å². The normalized spacial score (nSPS) is 20.0. The van der Waals surface area contributed by atoms with Crippen LogP contribution in [0, 0.1) is 11.8 Å². The number of nitrogens with one attached hydrogen (secondary N) is 1. The number of benzene rings is 1. The van der Waals surface area contributed by atoms with Crippen molar-refractivity contribution < 1.29 is 19.5 Å². The maximum atomic E-state index is 12.6. The van der Waals surface area contributed by atoms with Gasteiger partial charge in [-0.2, -0.15) is 0 Å². The lowest BCUT2D eigenvalue weighted by Gasteiger charge is -2.27. The van der Waals surface area contributed by atoms with Crippen LogP contribution in [0.15, 0.2) is 22.5 Å². The highest BCUT2D eigenvalue weighted by Gasteiger charge is 2.35. The number of anilines is 1. The summed E-state index contributed by atoms with van der Waals surface area (Å²) in [4.78, 5) is 39.2. The molecule has 0 unspecified atom stereocenters. The van der Waals surface area contributed by atoms with Gasteiger partial charge in [-0.25, -0.2) is 4.98 Å². The highest BCUT2D eigenvalue weighted by Crippen LogP contribution is 2.33. The number of carbonyl (C=O) groups excluding carboxylic acids is 2. The molecule has 4 N–H and O–H groups in total. The van der Waals surface area contributed by atoms with Crippen molar-refractivity contribution in [3.05, 3.63) is 18.2 Å². The van der Waals surface area contributed by atoms with Crippen LogP contribution in [0.25, 0.3) is 10.2 Å². The van der Waals surface area contributed by atoms with E-state index in [1.807, 2.05) is 6.07 Å². The van der Waals surface area contributed by atoms with Gasteiger partial charge in [0.1, 0.15) is 0 Å². The van der Waals surface area contributed by atoms with Crippen molar-refractivity contribution >= 4 is 56.8 Å². The number of primary amides is 1. The van der Waals surface area contributed by atoms with Crippen LogP contribution in [-0.4, -0.2) is 33.6 Å². The number of carboxylic acids is 1. The van der Waals surface area contributed by atoms with Gasteiger partial charge >= 0.3 is 5.97 Å². The standard InChI is InChI=1S/C17H19N3O4S2/c18-14(21)8-25-17-20-12-6-5-9(7-13(12)26-17)19-15(22)10-3-1-2-4-11(10)16(23)24/h5-7,10-11H,1-4,8H2,(H2,18,21)(H,19,22)(H,23,24)/t10-,11+/m1/s1. The maximum absolute atomic E-state index is 12.6. The van der Waals surface area contributed by atoms with E-state index in [9.17, 15) is 19.5 Å². The van der Waals surface area contributed by atoms with Crippen LogP contribution in [0.3, 0.4) is 0 Å². The Morgan fingerprint density at radius 2 is 2.00 bits per heavy atom. The third-order valence-electron chi connectivity index (χ3n) is 4.39. The molecule has 2 amide bonds. The van der Waals surface area contributed by atoms with E-state index < -0.39 is 23.7 Å². The second-order valence-electron chi connectivity index (χ2n) is 6.24. The lowest BCUT2D eigenvalue weighted by Crippen LogP contribution is -2.36. The SMILES string of the molecule is NC(=O)CSc1nc2ccc(NC(=O)[C@@H]3CCCC[C@@H]3C(=O)O)cc2s1. The number of nitrogens with two attached hydrogens (primary N) is 1. The Morgan fingerprint density at radius 3 is 2.69 bits per heavy atom. The summed E-state index contributed by atoms with van der Waals surface area (Å²) in [7, 11) is 0. The molecule has 0 radical (unpaired) electrons. The molecular formula is C17H19N3O4S2. The predicted molar refractivity (Wildman–Crippen MR) is 101 cm³/mol. The molecule has 7 nitrogen and oxygen atoms in total. The molecular weight excluding hydrogens is 374 g/mol. The van der Waals surface area contributed by atoms with Gasteiger partial charge in [0, 0.05) is 5.69 Å². The Labute approximate surface area is 158 Å². The number of aliphatic carboxylic acids is 1. The van der Waals surface area contributed by atoms with E-state index in [0.29, 0.717) is 18.5 Å². The van der Waals surface area contributed by atoms with E-state index in [2.05, 4.69) is 10.3 Å². The summed E-state index contributed by atoms with van der Waals surface area (Å²) in [6.45, 7) is 0. The van der Waals surface area contributed by atoms with Crippen molar-refractivity contribution in [3.63, 3.8) is 0 Å². The van der Waals surface area contributed by atoms with Crippen LogP contribution in [0.4, 0.5) is 5.69 Å². The van der Waals surface area contributed by atoms with Crippen molar-refractivity contribution in [2.24, 2.45) is 17.6 Å². The van der Waals surface area contributed by atoms with E-state index in [0.717, 1.165) is 27.4 Å². The summed E-state index contributed by atoms with van der Waals surface area (Å²) in [5.74, 6) is -2.50. The highest BCUT2D eigenvalue weighted by atomic mass is 32.2. The number of nitrogens with zero attached hydrogens (tertiary/aromatic N) is 1. The van der Waals surface area contributed by atoms with E-state index in [-0.39, 0.29) is 11.7 Å². The Kier molecular flexibility index (Phi) is 5.77. The summed E-state index contributed by atoms with van der Waals surface area (Å²) >= 11 is 2.70. The molecule has 1 aromatic heterocycles. The highest BCUT2D eigenvalue weighted by molar-refractivity contribution is 8.01. The number of amides is 2. The van der Waals surface area contributed by atoms with Crippen molar-refractivity contribution in [1.29, 1.82) is 0 Å². The van der Waals surface area contributed by atoms with Crippen LogP contribution >= 0.6 is 23.1 Å². The first-order valence-corrected chi connectivity index (χ1v) is 10.1. The molecule has 2 aromatic rings. The van der Waals surface area contributed by atoms with Gasteiger partial charge in [-0.05, 0) is 31.0 Å². The quantitative estimate of drug-likeness (QED) is 0.649. The minimum atomic E-state index is -0.904. The number of hydrogen-bond donors (Lipinski definition) is 3. The van der Waals surface area contributed by atoms with Gasteiger partial charge in [-0.3, -0.25) is 14.4 Å². The molecule has 1 saturated carbocycles. The van der Waals surface area contributed by atoms with Crippen molar-refractivity contribution in [3.8, 4) is 0 Å². The number of rotatable bonds is 6. The van der Waals surface area contributed by atoms with Gasteiger partial charge in [-0.15, -0.1) is 11.3 Å². The fraction of sp³-hybridized carbons (Fsp3) is 0.412. The summed E-state index contributed by atoms with van der Waals surface area (Å²) < 4.78 is 1.62. The lowest BCUT2D eigenvalue weighted by molar-refractivity contribution is -0.147. The van der Waals surface area contributed by atoms with Crippen molar-refractivity contribution in [2.45, 2.75) is 30.0 Å². The second-order valence-corrected chi connectivity index (χ2v) is 8.50. The Morgan fingerprint density at radius 1 is 1.27 bits per heavy atom. The monoisotopic (exact) mass is 393 g/mol. The fourth-order valence-corrected chi connectivity index (χ4v) is 5.00. The third-order valence-corrected chi connectivity index (χ3v) is 6.58. The lowest BCUT2D eigenvalue weighted by atomic mass is 9.78. The number of aromatic nitrogens is 1. The van der Waals surface area contributed by atoms with E-state index >= 15 is 0 Å². The molecule has 1 aromatic carbocycles. The first kappa shape index (κ1) is 18.7. The number of fused-ring (bicyclic) bond motifs is 1. The zero-order valence-electron chi connectivity index (χ0n) is 13.9. The smallest absolute Gasteiger partial charge is 0.307 e. The van der Waals surface area contributed by atoms with Crippen LogP contribution in [0.2, 0.25) is 0 Å². The zero-order valence-corrected chi connectivity index (χ0v) is 15.6. The Bertz CT molecular complexity index is 852. The maximum Gasteiger partial charge on any atom is 0.307 e. The number of thioether (sulfide) groups is 1. The molecule has 0 spiro atoms. The molecule has 138 valence electrons. The van der Waals surface area contributed by atoms with Gasteiger partial charge in [0.15, 0.2) is 4.34 Å². The Balaban J connectivity index is 1.72. The van der Waals surface area contributed by atoms with Gasteiger partial charge in [0.2, 0.25) is 11.8 Å². The average molecular weight is 393 g/mol.